The number of fused-ring (bicyclic) bond motifs is 3. The number of rotatable bonds is 3. The predicted octanol–water partition coefficient (Wildman–Crippen LogP) is 6.67. The van der Waals surface area contributed by atoms with Crippen LogP contribution in [-0.4, -0.2) is 51.8 Å². The number of ether oxygens (including phenoxy) is 2. The molecule has 0 radical (unpaired) electrons. The van der Waals surface area contributed by atoms with E-state index in [9.17, 15) is 30.0 Å². The molecule has 5 rings (SSSR count). The molecule has 216 valence electrons. The van der Waals surface area contributed by atoms with Gasteiger partial charge in [0.1, 0.15) is 28.0 Å². The van der Waals surface area contributed by atoms with Crippen molar-refractivity contribution in [3.8, 4) is 39.9 Å². The molecule has 4 N–H and O–H groups in total. The van der Waals surface area contributed by atoms with Crippen LogP contribution in [0.3, 0.4) is 0 Å². The number of benzene rings is 3. The van der Waals surface area contributed by atoms with Crippen molar-refractivity contribution in [2.45, 2.75) is 38.2 Å². The van der Waals surface area contributed by atoms with Crippen LogP contribution in [0.5, 0.6) is 28.7 Å². The van der Waals surface area contributed by atoms with Crippen LogP contribution in [0.2, 0.25) is 20.1 Å². The minimum Gasteiger partial charge on any atom is -0.507 e. The predicted molar refractivity (Wildman–Crippen MR) is 155 cm³/mol. The van der Waals surface area contributed by atoms with Crippen LogP contribution in [0, 0.1) is 12.8 Å². The molecule has 0 heterocycles. The van der Waals surface area contributed by atoms with E-state index in [1.54, 1.807) is 20.8 Å². The molecule has 0 amide bonds. The molecule has 0 bridgehead atoms. The van der Waals surface area contributed by atoms with Gasteiger partial charge in [-0.1, -0.05) is 60.3 Å². The van der Waals surface area contributed by atoms with Crippen molar-refractivity contribution < 1.29 is 39.5 Å². The second kappa shape index (κ2) is 9.57. The van der Waals surface area contributed by atoms with Gasteiger partial charge in [-0.05, 0) is 41.5 Å². The second-order valence-electron chi connectivity index (χ2n) is 10.7. The summed E-state index contributed by atoms with van der Waals surface area (Å²) in [6.07, 6.45) is -0.122. The highest BCUT2D eigenvalue weighted by molar-refractivity contribution is 6.41. The lowest BCUT2D eigenvalue weighted by atomic mass is 9.52. The summed E-state index contributed by atoms with van der Waals surface area (Å²) in [4.78, 5) is 28.6. The number of carbonyl (C=O) groups excluding carboxylic acids is 2. The van der Waals surface area contributed by atoms with Crippen molar-refractivity contribution in [2.24, 2.45) is 5.92 Å². The number of methoxy groups -OCH3 is 2. The molecule has 41 heavy (non-hydrogen) atoms. The van der Waals surface area contributed by atoms with Crippen molar-refractivity contribution >= 4 is 58.0 Å². The number of hydrogen-bond donors (Lipinski definition) is 4. The van der Waals surface area contributed by atoms with E-state index >= 15 is 0 Å². The number of ketones is 2. The monoisotopic (exact) mass is 640 g/mol. The van der Waals surface area contributed by atoms with E-state index in [0.717, 1.165) is 0 Å². The van der Waals surface area contributed by atoms with Crippen LogP contribution in [0.1, 0.15) is 51.3 Å². The highest BCUT2D eigenvalue weighted by Gasteiger charge is 2.65. The number of aliphatic hydroxyl groups is 1. The smallest absolute Gasteiger partial charge is 0.206 e. The van der Waals surface area contributed by atoms with E-state index in [1.165, 1.54) is 26.4 Å². The van der Waals surface area contributed by atoms with Crippen molar-refractivity contribution in [1.82, 2.24) is 0 Å². The average Bonchev–Trinajstić information content (AvgIpc) is 2.92. The van der Waals surface area contributed by atoms with Crippen LogP contribution in [-0.2, 0) is 11.8 Å². The first-order chi connectivity index (χ1) is 19.1. The Kier molecular flexibility index (Phi) is 6.91. The second-order valence-corrected chi connectivity index (χ2v) is 12.2. The van der Waals surface area contributed by atoms with Crippen LogP contribution in [0.4, 0.5) is 0 Å². The summed E-state index contributed by atoms with van der Waals surface area (Å²) in [6, 6.07) is 2.70. The first-order valence-corrected chi connectivity index (χ1v) is 13.8. The molecule has 0 fully saturated rings. The van der Waals surface area contributed by atoms with Gasteiger partial charge in [0.15, 0.2) is 11.4 Å². The van der Waals surface area contributed by atoms with Crippen LogP contribution in [0.15, 0.2) is 12.1 Å². The zero-order valence-electron chi connectivity index (χ0n) is 22.4. The molecule has 3 aromatic rings. The molecule has 2 aliphatic carbocycles. The number of hydrogen-bond acceptors (Lipinski definition) is 8. The maximum atomic E-state index is 14.5. The largest absolute Gasteiger partial charge is 0.507 e. The quantitative estimate of drug-likeness (QED) is 0.233. The van der Waals surface area contributed by atoms with Crippen LogP contribution >= 0.6 is 46.4 Å². The van der Waals surface area contributed by atoms with Crippen molar-refractivity contribution in [3.05, 3.63) is 60.0 Å². The number of phenolic OH excluding ortho intramolecular Hbond substituents is 3. The molecular formula is C29H24Cl4O8. The van der Waals surface area contributed by atoms with E-state index in [1.807, 2.05) is 0 Å². The van der Waals surface area contributed by atoms with Gasteiger partial charge < -0.3 is 29.9 Å². The Labute approximate surface area is 254 Å². The summed E-state index contributed by atoms with van der Waals surface area (Å²) in [5, 5.41) is 43.9. The Morgan fingerprint density at radius 1 is 0.805 bits per heavy atom. The van der Waals surface area contributed by atoms with Gasteiger partial charge in [-0.2, -0.15) is 0 Å². The highest BCUT2D eigenvalue weighted by Crippen LogP contribution is 2.60. The van der Waals surface area contributed by atoms with Gasteiger partial charge >= 0.3 is 0 Å². The zero-order chi connectivity index (χ0) is 30.5. The first kappa shape index (κ1) is 29.6. The average molecular weight is 642 g/mol. The molecule has 0 spiro atoms. The molecule has 12 heteroatoms. The maximum absolute atomic E-state index is 14.5. The van der Waals surface area contributed by atoms with E-state index in [-0.39, 0.29) is 66.6 Å². The molecular weight excluding hydrogens is 618 g/mol. The highest BCUT2D eigenvalue weighted by atomic mass is 35.5. The third kappa shape index (κ3) is 3.71. The number of phenols is 3. The van der Waals surface area contributed by atoms with Gasteiger partial charge in [0.25, 0.3) is 0 Å². The lowest BCUT2D eigenvalue weighted by molar-refractivity contribution is -0.0202. The van der Waals surface area contributed by atoms with E-state index < -0.39 is 50.6 Å². The minimum absolute atomic E-state index is 0.0316. The summed E-state index contributed by atoms with van der Waals surface area (Å²) < 4.78 is 10.7. The zero-order valence-corrected chi connectivity index (χ0v) is 25.4. The molecule has 0 aliphatic heterocycles. The van der Waals surface area contributed by atoms with Gasteiger partial charge in [0.05, 0.1) is 34.9 Å². The molecule has 0 unspecified atom stereocenters. The van der Waals surface area contributed by atoms with Crippen molar-refractivity contribution in [3.63, 3.8) is 0 Å². The molecule has 0 saturated carbocycles. The molecule has 8 nitrogen and oxygen atoms in total. The lowest BCUT2D eigenvalue weighted by Gasteiger charge is -2.51. The summed E-state index contributed by atoms with van der Waals surface area (Å²) in [5.41, 5.74) is -3.70. The number of halogens is 4. The minimum atomic E-state index is -2.71. The standard InChI is InChI=1S/C29H24Cl4O8/c1-9-16(12(34)8-14(41-5)20(9)30)10-6-13(40-4)21(31)11-7-15-28(2,3)19-18(24(35)23(33)25(36)22(19)32)27(38)29(15,39)26(37)17(10)11/h6,8,15,34-36,39H,7H2,1-5H3/t15-,29-/m1/s1. The summed E-state index contributed by atoms with van der Waals surface area (Å²) in [6.45, 7) is 4.86. The van der Waals surface area contributed by atoms with Crippen molar-refractivity contribution in [1.29, 1.82) is 0 Å². The Bertz CT molecular complexity index is 1710. The maximum Gasteiger partial charge on any atom is 0.206 e. The van der Waals surface area contributed by atoms with E-state index in [4.69, 9.17) is 55.9 Å². The van der Waals surface area contributed by atoms with Crippen molar-refractivity contribution in [2.75, 3.05) is 14.2 Å². The number of carbonyl (C=O) groups is 2. The van der Waals surface area contributed by atoms with Gasteiger partial charge in [0, 0.05) is 28.7 Å². The molecule has 0 aromatic heterocycles. The van der Waals surface area contributed by atoms with Gasteiger partial charge in [-0.3, -0.25) is 9.59 Å². The summed E-state index contributed by atoms with van der Waals surface area (Å²) >= 11 is 25.8. The van der Waals surface area contributed by atoms with Gasteiger partial charge in [0.2, 0.25) is 11.6 Å². The topological polar surface area (TPSA) is 134 Å². The first-order valence-electron chi connectivity index (χ1n) is 12.3. The fourth-order valence-corrected chi connectivity index (χ4v) is 7.51. The van der Waals surface area contributed by atoms with Gasteiger partial charge in [-0.15, -0.1) is 0 Å². The van der Waals surface area contributed by atoms with Crippen LogP contribution in [0.25, 0.3) is 11.1 Å². The Balaban J connectivity index is 1.88. The third-order valence-electron chi connectivity index (χ3n) is 8.39. The van der Waals surface area contributed by atoms with Gasteiger partial charge in [-0.25, -0.2) is 0 Å². The molecule has 2 aliphatic rings. The lowest BCUT2D eigenvalue weighted by Crippen LogP contribution is -2.64. The SMILES string of the molecule is COc1cc(O)c(-c2cc(OC)c(Cl)c3c2C(=O)[C@@]2(O)C(=O)c4c(O)c(Cl)c(O)c(Cl)c4C(C)(C)[C@H]2C3)c(C)c1Cl. The summed E-state index contributed by atoms with van der Waals surface area (Å²) in [5.74, 6) is -4.68. The normalized spacial score (nSPS) is 20.8. The Hall–Kier alpha value is -2.88. The van der Waals surface area contributed by atoms with Crippen LogP contribution < -0.4 is 9.47 Å². The van der Waals surface area contributed by atoms with E-state index in [0.29, 0.717) is 5.56 Å². The summed E-state index contributed by atoms with van der Waals surface area (Å²) in [7, 11) is 2.76. The Morgan fingerprint density at radius 2 is 1.37 bits per heavy atom. The number of Topliss-reactive ketones (excluding diaryl/α,β-unsaturated/α-hetero) is 2. The molecule has 0 saturated heterocycles. The fraction of sp³-hybridized carbons (Fsp3) is 0.310. The fourth-order valence-electron chi connectivity index (χ4n) is 6.31. The number of aromatic hydroxyl groups is 3. The molecule has 2 atom stereocenters. The van der Waals surface area contributed by atoms with E-state index in [2.05, 4.69) is 0 Å². The third-order valence-corrected chi connectivity index (χ3v) is 10.00. The molecule has 3 aromatic carbocycles. The Morgan fingerprint density at radius 3 is 1.95 bits per heavy atom.